The molecule has 0 amide bonds. The fraction of sp³-hybridized carbons (Fsp3) is 0.400. The highest BCUT2D eigenvalue weighted by Gasteiger charge is 2.31. The summed E-state index contributed by atoms with van der Waals surface area (Å²) in [5, 5.41) is 9.42. The first-order chi connectivity index (χ1) is 10.8. The second-order valence-electron chi connectivity index (χ2n) is 5.01. The number of ketones is 1. The number of halogens is 3. The lowest BCUT2D eigenvalue weighted by molar-refractivity contribution is -0.137. The van der Waals surface area contributed by atoms with Gasteiger partial charge in [0.15, 0.2) is 11.7 Å². The van der Waals surface area contributed by atoms with Crippen LogP contribution in [0.25, 0.3) is 10.2 Å². The number of hydrogen-bond donors (Lipinski definition) is 0. The van der Waals surface area contributed by atoms with E-state index in [1.165, 1.54) is 13.2 Å². The van der Waals surface area contributed by atoms with Gasteiger partial charge in [0, 0.05) is 13.5 Å². The van der Waals surface area contributed by atoms with Crippen molar-refractivity contribution in [1.82, 2.24) is 4.98 Å². The molecule has 0 bridgehead atoms. The molecule has 122 valence electrons. The largest absolute Gasteiger partial charge is 0.416 e. The summed E-state index contributed by atoms with van der Waals surface area (Å²) in [6.45, 7) is 1.69. The van der Waals surface area contributed by atoms with E-state index in [0.717, 1.165) is 23.5 Å². The van der Waals surface area contributed by atoms with Crippen LogP contribution in [0.5, 0.6) is 0 Å². The van der Waals surface area contributed by atoms with Crippen molar-refractivity contribution in [1.29, 1.82) is 5.26 Å². The van der Waals surface area contributed by atoms with Crippen LogP contribution in [-0.4, -0.2) is 24.0 Å². The third-order valence-electron chi connectivity index (χ3n) is 3.32. The maximum Gasteiger partial charge on any atom is 0.416 e. The Morgan fingerprint density at radius 2 is 2.17 bits per heavy atom. The molecule has 0 fully saturated rings. The first-order valence-electron chi connectivity index (χ1n) is 6.69. The smallest absolute Gasteiger partial charge is 0.381 e. The van der Waals surface area contributed by atoms with Gasteiger partial charge in [-0.3, -0.25) is 4.79 Å². The predicted octanol–water partition coefficient (Wildman–Crippen LogP) is 3.92. The van der Waals surface area contributed by atoms with Crippen LogP contribution in [0.2, 0.25) is 0 Å². The molecule has 0 radical (unpaired) electrons. The Morgan fingerprint density at radius 1 is 1.48 bits per heavy atom. The molecule has 0 unspecified atom stereocenters. The monoisotopic (exact) mass is 342 g/mol. The van der Waals surface area contributed by atoms with E-state index in [4.69, 9.17) is 4.74 Å². The van der Waals surface area contributed by atoms with Crippen molar-refractivity contribution >= 4 is 27.3 Å². The van der Waals surface area contributed by atoms with Crippen LogP contribution in [0.4, 0.5) is 13.2 Å². The number of carbonyl (C=O) groups is 1. The maximum absolute atomic E-state index is 12.7. The van der Waals surface area contributed by atoms with Gasteiger partial charge in [0.1, 0.15) is 5.01 Å². The summed E-state index contributed by atoms with van der Waals surface area (Å²) >= 11 is 1.05. The molecule has 0 N–H and O–H groups in total. The van der Waals surface area contributed by atoms with Crippen molar-refractivity contribution in [3.63, 3.8) is 0 Å². The van der Waals surface area contributed by atoms with Gasteiger partial charge in [0.25, 0.3) is 0 Å². The number of thiazole rings is 1. The second-order valence-corrected chi connectivity index (χ2v) is 6.07. The van der Waals surface area contributed by atoms with E-state index in [2.05, 4.69) is 4.98 Å². The number of ether oxygens (including phenoxy) is 1. The number of rotatable bonds is 5. The van der Waals surface area contributed by atoms with E-state index in [1.807, 2.05) is 6.07 Å². The Hall–Kier alpha value is -1.98. The van der Waals surface area contributed by atoms with Gasteiger partial charge in [0.2, 0.25) is 0 Å². The van der Waals surface area contributed by atoms with Crippen molar-refractivity contribution in [2.75, 3.05) is 7.11 Å². The second kappa shape index (κ2) is 6.64. The topological polar surface area (TPSA) is 63.0 Å². The number of nitrogens with zero attached hydrogens (tertiary/aromatic N) is 2. The molecule has 1 aromatic heterocycles. The Balaban J connectivity index is 2.35. The van der Waals surface area contributed by atoms with E-state index in [1.54, 1.807) is 6.92 Å². The van der Waals surface area contributed by atoms with E-state index in [0.29, 0.717) is 4.70 Å². The molecule has 2 aromatic rings. The van der Waals surface area contributed by atoms with Crippen LogP contribution < -0.4 is 0 Å². The number of alkyl halides is 3. The number of nitriles is 1. The quantitative estimate of drug-likeness (QED) is 0.826. The summed E-state index contributed by atoms with van der Waals surface area (Å²) in [5.74, 6) is -1.46. The Labute approximate surface area is 134 Å². The number of carbonyl (C=O) groups excluding carboxylic acids is 1. The first-order valence-corrected chi connectivity index (χ1v) is 7.50. The number of aromatic nitrogens is 1. The number of benzene rings is 1. The lowest BCUT2D eigenvalue weighted by Gasteiger charge is -2.10. The fourth-order valence-electron chi connectivity index (χ4n) is 1.99. The summed E-state index contributed by atoms with van der Waals surface area (Å²) < 4.78 is 43.6. The van der Waals surface area contributed by atoms with Crippen LogP contribution in [0.15, 0.2) is 18.2 Å². The van der Waals surface area contributed by atoms with E-state index < -0.39 is 17.7 Å². The molecule has 2 atom stereocenters. The lowest BCUT2D eigenvalue weighted by Crippen LogP contribution is -2.18. The van der Waals surface area contributed by atoms with E-state index >= 15 is 0 Å². The zero-order valence-corrected chi connectivity index (χ0v) is 13.2. The third-order valence-corrected chi connectivity index (χ3v) is 4.42. The molecule has 8 heteroatoms. The summed E-state index contributed by atoms with van der Waals surface area (Å²) in [4.78, 5) is 16.2. The van der Waals surface area contributed by atoms with Crippen LogP contribution in [0.1, 0.15) is 29.8 Å². The van der Waals surface area contributed by atoms with Crippen molar-refractivity contribution < 1.29 is 22.7 Å². The van der Waals surface area contributed by atoms with Gasteiger partial charge in [-0.1, -0.05) is 0 Å². The zero-order chi connectivity index (χ0) is 17.2. The minimum atomic E-state index is -4.46. The molecule has 0 saturated heterocycles. The Kier molecular flexibility index (Phi) is 5.02. The number of Topliss-reactive ketones (excluding diaryl/α,β-unsaturated/α-hetero) is 1. The van der Waals surface area contributed by atoms with E-state index in [-0.39, 0.29) is 28.8 Å². The molecule has 2 rings (SSSR count). The van der Waals surface area contributed by atoms with Crippen LogP contribution >= 0.6 is 11.3 Å². The van der Waals surface area contributed by atoms with Crippen LogP contribution in [0.3, 0.4) is 0 Å². The summed E-state index contributed by atoms with van der Waals surface area (Å²) in [7, 11) is 1.45. The molecular formula is C15H13F3N2O2S. The zero-order valence-electron chi connectivity index (χ0n) is 12.3. The first kappa shape index (κ1) is 17.4. The molecule has 0 aliphatic heterocycles. The SMILES string of the molecule is CO[C@H](C)CC(=O)[C@H](C#N)c1nc2cc(C(F)(F)F)ccc2s1. The van der Waals surface area contributed by atoms with Gasteiger partial charge < -0.3 is 4.74 Å². The molecular weight excluding hydrogens is 329 g/mol. The highest BCUT2D eigenvalue weighted by Crippen LogP contribution is 2.34. The highest BCUT2D eigenvalue weighted by molar-refractivity contribution is 7.18. The van der Waals surface area contributed by atoms with Gasteiger partial charge in [-0.2, -0.15) is 18.4 Å². The minimum absolute atomic E-state index is 0.0401. The summed E-state index contributed by atoms with van der Waals surface area (Å²) in [6.07, 6.45) is -4.76. The maximum atomic E-state index is 12.7. The molecule has 0 aliphatic carbocycles. The lowest BCUT2D eigenvalue weighted by atomic mass is 10.0. The van der Waals surface area contributed by atoms with Crippen molar-refractivity contribution in [3.8, 4) is 6.07 Å². The number of fused-ring (bicyclic) bond motifs is 1. The Bertz CT molecular complexity index is 764. The minimum Gasteiger partial charge on any atom is -0.381 e. The van der Waals surface area contributed by atoms with Crippen molar-refractivity contribution in [2.24, 2.45) is 0 Å². The number of methoxy groups -OCH3 is 1. The standard InChI is InChI=1S/C15H13F3N2O2S/c1-8(22-2)5-12(21)10(7-19)14-20-11-6-9(15(16,17)18)3-4-13(11)23-14/h3-4,6,8,10H,5H2,1-2H3/t8-,10+/m1/s1. The van der Waals surface area contributed by atoms with Crippen LogP contribution in [-0.2, 0) is 15.7 Å². The van der Waals surface area contributed by atoms with Crippen molar-refractivity contribution in [3.05, 3.63) is 28.8 Å². The molecule has 23 heavy (non-hydrogen) atoms. The van der Waals surface area contributed by atoms with Gasteiger partial charge in [-0.05, 0) is 25.1 Å². The van der Waals surface area contributed by atoms with Crippen LogP contribution in [0, 0.1) is 11.3 Å². The molecule has 0 saturated carbocycles. The average Bonchev–Trinajstić information content (AvgIpc) is 2.89. The summed E-state index contributed by atoms with van der Waals surface area (Å²) in [5.41, 5.74) is -0.678. The molecule has 1 heterocycles. The van der Waals surface area contributed by atoms with Gasteiger partial charge in [0.05, 0.1) is 28.0 Å². The number of hydrogen-bond acceptors (Lipinski definition) is 5. The van der Waals surface area contributed by atoms with Gasteiger partial charge in [-0.25, -0.2) is 4.98 Å². The van der Waals surface area contributed by atoms with E-state index in [9.17, 15) is 23.2 Å². The summed E-state index contributed by atoms with van der Waals surface area (Å²) in [6, 6.07) is 5.06. The van der Waals surface area contributed by atoms with Crippen molar-refractivity contribution in [2.45, 2.75) is 31.5 Å². The van der Waals surface area contributed by atoms with Gasteiger partial charge in [-0.15, -0.1) is 11.3 Å². The van der Waals surface area contributed by atoms with Gasteiger partial charge >= 0.3 is 6.18 Å². The highest BCUT2D eigenvalue weighted by atomic mass is 32.1. The molecule has 1 aromatic carbocycles. The normalized spacial score (nSPS) is 14.4. The molecule has 0 aliphatic rings. The molecule has 4 nitrogen and oxygen atoms in total. The average molecular weight is 342 g/mol. The fourth-order valence-corrected chi connectivity index (χ4v) is 3.01. The molecule has 0 spiro atoms. The Morgan fingerprint density at radius 3 is 2.74 bits per heavy atom. The predicted molar refractivity (Wildman–Crippen MR) is 79.1 cm³/mol. The third kappa shape index (κ3) is 3.86.